The summed E-state index contributed by atoms with van der Waals surface area (Å²) in [5.74, 6) is 0.179. The molecule has 1 heterocycles. The fraction of sp³-hybridized carbons (Fsp3) is 0.529. The van der Waals surface area contributed by atoms with Crippen LogP contribution in [0.15, 0.2) is 29.3 Å². The fourth-order valence-corrected chi connectivity index (χ4v) is 2.70. The minimum absolute atomic E-state index is 0.00737. The van der Waals surface area contributed by atoms with Crippen LogP contribution in [-0.4, -0.2) is 56.7 Å². The molecule has 0 aromatic heterocycles. The number of halogens is 1. The van der Waals surface area contributed by atoms with Gasteiger partial charge in [0.25, 0.3) is 0 Å². The number of methoxy groups -OCH3 is 1. The Labute approximate surface area is 141 Å². The van der Waals surface area contributed by atoms with Crippen molar-refractivity contribution in [3.63, 3.8) is 0 Å². The molecule has 24 heavy (non-hydrogen) atoms. The monoisotopic (exact) mass is 337 g/mol. The molecule has 0 bridgehead atoms. The Hall–Kier alpha value is -2.15. The molecule has 1 N–H and O–H groups in total. The highest BCUT2D eigenvalue weighted by atomic mass is 19.1. The summed E-state index contributed by atoms with van der Waals surface area (Å²) in [5.41, 5.74) is 0.929. The van der Waals surface area contributed by atoms with E-state index in [1.165, 1.54) is 19.2 Å². The molecule has 1 aliphatic heterocycles. The topological polar surface area (TPSA) is 63.2 Å². The number of ether oxygens (including phenoxy) is 2. The Morgan fingerprint density at radius 1 is 1.42 bits per heavy atom. The van der Waals surface area contributed by atoms with Gasteiger partial charge in [-0.1, -0.05) is 12.1 Å². The molecule has 2 atom stereocenters. The van der Waals surface area contributed by atoms with Crippen LogP contribution in [0.2, 0.25) is 0 Å². The standard InChI is InChI=1S/C17H24FN3O3/c1-12-10-21(17(19-2)20-9-8-16(22)23-3)11-15(24-12)13-4-6-14(18)7-5-13/h4-7,12,15H,8-11H2,1-3H3,(H,19,20). The molecule has 6 nitrogen and oxygen atoms in total. The maximum absolute atomic E-state index is 13.1. The van der Waals surface area contributed by atoms with Gasteiger partial charge in [0.05, 0.1) is 26.2 Å². The molecule has 0 radical (unpaired) electrons. The lowest BCUT2D eigenvalue weighted by Crippen LogP contribution is -2.51. The third-order valence-electron chi connectivity index (χ3n) is 3.85. The van der Waals surface area contributed by atoms with E-state index in [4.69, 9.17) is 4.74 Å². The van der Waals surface area contributed by atoms with Crippen molar-refractivity contribution < 1.29 is 18.7 Å². The zero-order valence-corrected chi connectivity index (χ0v) is 14.3. The smallest absolute Gasteiger partial charge is 0.307 e. The molecule has 1 aromatic carbocycles. The van der Waals surface area contributed by atoms with Crippen molar-refractivity contribution in [3.05, 3.63) is 35.6 Å². The quantitative estimate of drug-likeness (QED) is 0.515. The maximum Gasteiger partial charge on any atom is 0.307 e. The molecule has 0 amide bonds. The van der Waals surface area contributed by atoms with Gasteiger partial charge in [0.15, 0.2) is 5.96 Å². The second-order valence-corrected chi connectivity index (χ2v) is 5.69. The van der Waals surface area contributed by atoms with Crippen molar-refractivity contribution >= 4 is 11.9 Å². The number of esters is 1. The van der Waals surface area contributed by atoms with Gasteiger partial charge in [-0.25, -0.2) is 4.39 Å². The number of benzene rings is 1. The lowest BCUT2D eigenvalue weighted by atomic mass is 10.1. The number of nitrogens with zero attached hydrogens (tertiary/aromatic N) is 2. The summed E-state index contributed by atoms with van der Waals surface area (Å²) in [4.78, 5) is 17.6. The Morgan fingerprint density at radius 2 is 2.12 bits per heavy atom. The van der Waals surface area contributed by atoms with Crippen LogP contribution in [0.4, 0.5) is 4.39 Å². The molecule has 1 fully saturated rings. The number of hydrogen-bond donors (Lipinski definition) is 1. The maximum atomic E-state index is 13.1. The first-order chi connectivity index (χ1) is 11.5. The average Bonchev–Trinajstić information content (AvgIpc) is 2.58. The predicted octanol–water partition coefficient (Wildman–Crippen LogP) is 1.73. The normalized spacial score (nSPS) is 21.5. The number of guanidine groups is 1. The SMILES string of the molecule is CN=C(NCCC(=O)OC)N1CC(C)OC(c2ccc(F)cc2)C1. The van der Waals surface area contributed by atoms with Crippen molar-refractivity contribution in [3.8, 4) is 0 Å². The Bertz CT molecular complexity index is 577. The zero-order chi connectivity index (χ0) is 17.5. The Kier molecular flexibility index (Phi) is 6.54. The summed E-state index contributed by atoms with van der Waals surface area (Å²) in [6.45, 7) is 3.74. The lowest BCUT2D eigenvalue weighted by Gasteiger charge is -2.38. The van der Waals surface area contributed by atoms with E-state index in [2.05, 4.69) is 19.9 Å². The summed E-state index contributed by atoms with van der Waals surface area (Å²) in [7, 11) is 3.07. The van der Waals surface area contributed by atoms with Crippen LogP contribution in [0, 0.1) is 5.82 Å². The Balaban J connectivity index is 2.00. The van der Waals surface area contributed by atoms with E-state index >= 15 is 0 Å². The van der Waals surface area contributed by atoms with Crippen molar-refractivity contribution in [1.82, 2.24) is 10.2 Å². The van der Waals surface area contributed by atoms with Crippen molar-refractivity contribution in [2.75, 3.05) is 33.8 Å². The number of carbonyl (C=O) groups excluding carboxylic acids is 1. The number of rotatable bonds is 4. The zero-order valence-electron chi connectivity index (χ0n) is 14.3. The number of hydrogen-bond acceptors (Lipinski definition) is 4. The van der Waals surface area contributed by atoms with E-state index in [9.17, 15) is 9.18 Å². The third kappa shape index (κ3) is 4.92. The highest BCUT2D eigenvalue weighted by molar-refractivity contribution is 5.80. The van der Waals surface area contributed by atoms with Crippen LogP contribution in [-0.2, 0) is 14.3 Å². The van der Waals surface area contributed by atoms with Gasteiger partial charge < -0.3 is 19.7 Å². The average molecular weight is 337 g/mol. The molecular weight excluding hydrogens is 313 g/mol. The van der Waals surface area contributed by atoms with E-state index in [-0.39, 0.29) is 30.4 Å². The molecule has 0 spiro atoms. The number of nitrogens with one attached hydrogen (secondary N) is 1. The van der Waals surface area contributed by atoms with E-state index in [1.54, 1.807) is 19.2 Å². The second-order valence-electron chi connectivity index (χ2n) is 5.69. The molecule has 1 aromatic rings. The van der Waals surface area contributed by atoms with Crippen LogP contribution in [0.5, 0.6) is 0 Å². The number of carbonyl (C=O) groups is 1. The molecule has 2 rings (SSSR count). The molecule has 7 heteroatoms. The second kappa shape index (κ2) is 8.63. The van der Waals surface area contributed by atoms with Gasteiger partial charge in [-0.15, -0.1) is 0 Å². The van der Waals surface area contributed by atoms with Gasteiger partial charge >= 0.3 is 5.97 Å². The molecule has 1 aliphatic rings. The first kappa shape index (κ1) is 18.2. The minimum atomic E-state index is -0.266. The van der Waals surface area contributed by atoms with E-state index < -0.39 is 0 Å². The first-order valence-electron chi connectivity index (χ1n) is 7.96. The fourth-order valence-electron chi connectivity index (χ4n) is 2.70. The summed E-state index contributed by atoms with van der Waals surface area (Å²) in [6, 6.07) is 6.35. The highest BCUT2D eigenvalue weighted by Gasteiger charge is 2.28. The van der Waals surface area contributed by atoms with Crippen molar-refractivity contribution in [2.24, 2.45) is 4.99 Å². The van der Waals surface area contributed by atoms with Crippen LogP contribution in [0.1, 0.15) is 25.0 Å². The van der Waals surface area contributed by atoms with Gasteiger partial charge in [-0.05, 0) is 24.6 Å². The largest absolute Gasteiger partial charge is 0.469 e. The van der Waals surface area contributed by atoms with Gasteiger partial charge in [-0.3, -0.25) is 9.79 Å². The molecular formula is C17H24FN3O3. The van der Waals surface area contributed by atoms with E-state index in [0.29, 0.717) is 25.6 Å². The van der Waals surface area contributed by atoms with E-state index in [0.717, 1.165) is 5.56 Å². The third-order valence-corrected chi connectivity index (χ3v) is 3.85. The molecule has 2 unspecified atom stereocenters. The van der Waals surface area contributed by atoms with E-state index in [1.807, 2.05) is 6.92 Å². The van der Waals surface area contributed by atoms with Crippen LogP contribution >= 0.6 is 0 Å². The van der Waals surface area contributed by atoms with Crippen molar-refractivity contribution in [2.45, 2.75) is 25.6 Å². The summed E-state index contributed by atoms with van der Waals surface area (Å²) >= 11 is 0. The Morgan fingerprint density at radius 3 is 2.75 bits per heavy atom. The number of aliphatic imine (C=N–C) groups is 1. The van der Waals surface area contributed by atoms with Gasteiger partial charge in [0.1, 0.15) is 11.9 Å². The van der Waals surface area contributed by atoms with Crippen molar-refractivity contribution in [1.29, 1.82) is 0 Å². The summed E-state index contributed by atoms with van der Waals surface area (Å²) < 4.78 is 23.7. The van der Waals surface area contributed by atoms with Crippen LogP contribution in [0.3, 0.4) is 0 Å². The minimum Gasteiger partial charge on any atom is -0.469 e. The summed E-state index contributed by atoms with van der Waals surface area (Å²) in [5, 5.41) is 3.17. The molecule has 0 aliphatic carbocycles. The van der Waals surface area contributed by atoms with Gasteiger partial charge in [0.2, 0.25) is 0 Å². The lowest BCUT2D eigenvalue weighted by molar-refractivity contribution is -0.140. The van der Waals surface area contributed by atoms with Crippen LogP contribution in [0.25, 0.3) is 0 Å². The highest BCUT2D eigenvalue weighted by Crippen LogP contribution is 2.25. The summed E-state index contributed by atoms with van der Waals surface area (Å²) in [6.07, 6.45) is 0.123. The molecule has 132 valence electrons. The van der Waals surface area contributed by atoms with Gasteiger partial charge in [0, 0.05) is 20.1 Å². The first-order valence-corrected chi connectivity index (χ1v) is 7.96. The van der Waals surface area contributed by atoms with Crippen LogP contribution < -0.4 is 5.32 Å². The molecule has 1 saturated heterocycles. The number of morpholine rings is 1. The predicted molar refractivity (Wildman–Crippen MR) is 89.3 cm³/mol. The van der Waals surface area contributed by atoms with Gasteiger partial charge in [-0.2, -0.15) is 0 Å². The molecule has 0 saturated carbocycles.